The first-order chi connectivity index (χ1) is 8.31. The topological polar surface area (TPSA) is 49.3 Å². The van der Waals surface area contributed by atoms with Crippen molar-refractivity contribution in [2.75, 3.05) is 6.61 Å². The lowest BCUT2D eigenvalue weighted by Crippen LogP contribution is -2.24. The average Bonchev–Trinajstić information content (AvgIpc) is 3.18. The van der Waals surface area contributed by atoms with Crippen LogP contribution in [-0.2, 0) is 11.3 Å². The van der Waals surface area contributed by atoms with Crippen LogP contribution in [0.4, 0.5) is 0 Å². The number of rotatable bonds is 3. The fourth-order valence-corrected chi connectivity index (χ4v) is 1.60. The molecule has 0 atom stereocenters. The van der Waals surface area contributed by atoms with E-state index in [1.807, 2.05) is 24.3 Å². The molecule has 0 aromatic heterocycles. The molecule has 0 saturated heterocycles. The first-order valence-corrected chi connectivity index (χ1v) is 5.76. The smallest absolute Gasteiger partial charge is 0.223 e. The third kappa shape index (κ3) is 3.33. The molecule has 1 fully saturated rings. The van der Waals surface area contributed by atoms with Crippen LogP contribution in [0.1, 0.15) is 24.0 Å². The highest BCUT2D eigenvalue weighted by Crippen LogP contribution is 2.28. The molecule has 0 radical (unpaired) electrons. The molecule has 1 aromatic carbocycles. The Kier molecular flexibility index (Phi) is 3.79. The van der Waals surface area contributed by atoms with Crippen molar-refractivity contribution >= 4 is 5.91 Å². The summed E-state index contributed by atoms with van der Waals surface area (Å²) in [5.74, 6) is 5.86. The molecule has 3 nitrogen and oxygen atoms in total. The third-order valence-electron chi connectivity index (χ3n) is 2.72. The van der Waals surface area contributed by atoms with Crippen LogP contribution >= 0.6 is 0 Å². The Labute approximate surface area is 101 Å². The number of amides is 1. The van der Waals surface area contributed by atoms with E-state index < -0.39 is 0 Å². The minimum Gasteiger partial charge on any atom is -0.384 e. The summed E-state index contributed by atoms with van der Waals surface area (Å²) in [4.78, 5) is 11.5. The maximum atomic E-state index is 11.5. The van der Waals surface area contributed by atoms with Crippen LogP contribution in [0.5, 0.6) is 0 Å². The van der Waals surface area contributed by atoms with Gasteiger partial charge in [-0.15, -0.1) is 0 Å². The van der Waals surface area contributed by atoms with E-state index in [9.17, 15) is 4.79 Å². The number of aliphatic hydroxyl groups excluding tert-OH is 1. The maximum Gasteiger partial charge on any atom is 0.223 e. The van der Waals surface area contributed by atoms with Crippen LogP contribution in [0, 0.1) is 17.8 Å². The fourth-order valence-electron chi connectivity index (χ4n) is 1.60. The van der Waals surface area contributed by atoms with Crippen LogP contribution in [0.15, 0.2) is 24.3 Å². The van der Waals surface area contributed by atoms with Gasteiger partial charge < -0.3 is 10.4 Å². The molecule has 0 heterocycles. The zero-order chi connectivity index (χ0) is 12.1. The van der Waals surface area contributed by atoms with Crippen molar-refractivity contribution < 1.29 is 9.90 Å². The predicted molar refractivity (Wildman–Crippen MR) is 65.0 cm³/mol. The molecule has 0 unspecified atom stereocenters. The van der Waals surface area contributed by atoms with Crippen LogP contribution < -0.4 is 5.32 Å². The predicted octanol–water partition coefficient (Wildman–Crippen LogP) is 1.06. The van der Waals surface area contributed by atoms with Gasteiger partial charge >= 0.3 is 0 Å². The van der Waals surface area contributed by atoms with Crippen molar-refractivity contribution in [1.82, 2.24) is 5.32 Å². The summed E-state index contributed by atoms with van der Waals surface area (Å²) in [5.41, 5.74) is 1.85. The van der Waals surface area contributed by atoms with Crippen LogP contribution in [0.3, 0.4) is 0 Å². The molecular weight excluding hydrogens is 214 g/mol. The number of carbonyl (C=O) groups is 1. The van der Waals surface area contributed by atoms with Crippen molar-refractivity contribution in [3.63, 3.8) is 0 Å². The van der Waals surface area contributed by atoms with E-state index in [-0.39, 0.29) is 18.4 Å². The molecule has 88 valence electrons. The molecule has 1 aromatic rings. The summed E-state index contributed by atoms with van der Waals surface area (Å²) < 4.78 is 0. The number of hydrogen-bond acceptors (Lipinski definition) is 2. The monoisotopic (exact) mass is 229 g/mol. The molecule has 0 aliphatic heterocycles. The lowest BCUT2D eigenvalue weighted by atomic mass is 10.1. The SMILES string of the molecule is O=C(NCc1ccccc1C#CCO)C1CC1. The quantitative estimate of drug-likeness (QED) is 0.761. The number of nitrogens with one attached hydrogen (secondary N) is 1. The van der Waals surface area contributed by atoms with E-state index in [0.29, 0.717) is 6.54 Å². The van der Waals surface area contributed by atoms with Crippen LogP contribution in [0.2, 0.25) is 0 Å². The van der Waals surface area contributed by atoms with Gasteiger partial charge in [0.25, 0.3) is 0 Å². The second-order valence-corrected chi connectivity index (χ2v) is 4.11. The molecule has 1 saturated carbocycles. The Morgan fingerprint density at radius 2 is 2.18 bits per heavy atom. The summed E-state index contributed by atoms with van der Waals surface area (Å²) in [5, 5.41) is 11.6. The zero-order valence-electron chi connectivity index (χ0n) is 9.57. The van der Waals surface area contributed by atoms with Crippen molar-refractivity contribution in [2.24, 2.45) is 5.92 Å². The Bertz CT molecular complexity index is 467. The van der Waals surface area contributed by atoms with Gasteiger partial charge in [-0.25, -0.2) is 0 Å². The largest absolute Gasteiger partial charge is 0.384 e. The second kappa shape index (κ2) is 5.51. The summed E-state index contributed by atoms with van der Waals surface area (Å²) in [6, 6.07) is 7.65. The Balaban J connectivity index is 2.01. The zero-order valence-corrected chi connectivity index (χ0v) is 9.57. The molecule has 3 heteroatoms. The van der Waals surface area contributed by atoms with E-state index >= 15 is 0 Å². The number of hydrogen-bond donors (Lipinski definition) is 2. The van der Waals surface area contributed by atoms with Gasteiger partial charge in [-0.3, -0.25) is 4.79 Å². The average molecular weight is 229 g/mol. The molecular formula is C14H15NO2. The molecule has 0 bridgehead atoms. The van der Waals surface area contributed by atoms with E-state index in [1.54, 1.807) is 0 Å². The van der Waals surface area contributed by atoms with Gasteiger partial charge in [-0.2, -0.15) is 0 Å². The summed E-state index contributed by atoms with van der Waals surface area (Å²) >= 11 is 0. The summed E-state index contributed by atoms with van der Waals surface area (Å²) in [6.45, 7) is 0.356. The molecule has 2 N–H and O–H groups in total. The molecule has 0 spiro atoms. The highest BCUT2D eigenvalue weighted by molar-refractivity contribution is 5.80. The minimum atomic E-state index is -0.150. The van der Waals surface area contributed by atoms with Gasteiger partial charge in [0.15, 0.2) is 0 Å². The first-order valence-electron chi connectivity index (χ1n) is 5.76. The standard InChI is InChI=1S/C14H15NO2/c16-9-3-6-11-4-1-2-5-13(11)10-15-14(17)12-7-8-12/h1-2,4-5,12,16H,7-10H2,(H,15,17). The summed E-state index contributed by atoms with van der Waals surface area (Å²) in [7, 11) is 0. The van der Waals surface area contributed by atoms with Crippen molar-refractivity contribution in [3.8, 4) is 11.8 Å². The summed E-state index contributed by atoms with van der Waals surface area (Å²) in [6.07, 6.45) is 2.02. The molecule has 2 rings (SSSR count). The molecule has 1 amide bonds. The van der Waals surface area contributed by atoms with E-state index in [4.69, 9.17) is 5.11 Å². The van der Waals surface area contributed by atoms with Gasteiger partial charge in [-0.05, 0) is 24.5 Å². The molecule has 17 heavy (non-hydrogen) atoms. The molecule has 1 aliphatic rings. The van der Waals surface area contributed by atoms with Gasteiger partial charge in [-0.1, -0.05) is 30.0 Å². The first kappa shape index (κ1) is 11.7. The highest BCUT2D eigenvalue weighted by Gasteiger charge is 2.29. The van der Waals surface area contributed by atoms with Crippen LogP contribution in [0.25, 0.3) is 0 Å². The Hall–Kier alpha value is -1.79. The maximum absolute atomic E-state index is 11.5. The van der Waals surface area contributed by atoms with E-state index in [2.05, 4.69) is 17.2 Å². The van der Waals surface area contributed by atoms with E-state index in [1.165, 1.54) is 0 Å². The van der Waals surface area contributed by atoms with Crippen molar-refractivity contribution in [2.45, 2.75) is 19.4 Å². The van der Waals surface area contributed by atoms with Gasteiger partial charge in [0, 0.05) is 18.0 Å². The minimum absolute atomic E-state index is 0.134. The Morgan fingerprint density at radius 1 is 1.41 bits per heavy atom. The van der Waals surface area contributed by atoms with Crippen molar-refractivity contribution in [3.05, 3.63) is 35.4 Å². The number of carbonyl (C=O) groups excluding carboxylic acids is 1. The lowest BCUT2D eigenvalue weighted by Gasteiger charge is -2.06. The number of aliphatic hydroxyl groups is 1. The molecule has 1 aliphatic carbocycles. The lowest BCUT2D eigenvalue weighted by molar-refractivity contribution is -0.122. The fraction of sp³-hybridized carbons (Fsp3) is 0.357. The normalized spacial score (nSPS) is 13.7. The third-order valence-corrected chi connectivity index (χ3v) is 2.72. The van der Waals surface area contributed by atoms with Gasteiger partial charge in [0.2, 0.25) is 5.91 Å². The van der Waals surface area contributed by atoms with E-state index in [0.717, 1.165) is 24.0 Å². The highest BCUT2D eigenvalue weighted by atomic mass is 16.2. The number of benzene rings is 1. The van der Waals surface area contributed by atoms with Crippen molar-refractivity contribution in [1.29, 1.82) is 0 Å². The van der Waals surface area contributed by atoms with Gasteiger partial charge in [0.1, 0.15) is 6.61 Å². The van der Waals surface area contributed by atoms with Crippen LogP contribution in [-0.4, -0.2) is 17.6 Å². The Morgan fingerprint density at radius 3 is 2.88 bits per heavy atom. The second-order valence-electron chi connectivity index (χ2n) is 4.11. The van der Waals surface area contributed by atoms with Gasteiger partial charge in [0.05, 0.1) is 0 Å².